The highest BCUT2D eigenvalue weighted by atomic mass is 79.9. The normalized spacial score (nSPS) is 25.0. The van der Waals surface area contributed by atoms with Gasteiger partial charge in [0.05, 0.1) is 9.67 Å². The Labute approximate surface area is 143 Å². The summed E-state index contributed by atoms with van der Waals surface area (Å²) in [7, 11) is -3.41. The summed E-state index contributed by atoms with van der Waals surface area (Å²) >= 11 is 10.6. The number of alkyl halides is 1. The van der Waals surface area contributed by atoms with Gasteiger partial charge in [-0.2, -0.15) is 4.31 Å². The van der Waals surface area contributed by atoms with E-state index in [1.807, 2.05) is 0 Å². The Morgan fingerprint density at radius 2 is 2.00 bits per heavy atom. The third kappa shape index (κ3) is 3.07. The van der Waals surface area contributed by atoms with Crippen molar-refractivity contribution < 1.29 is 8.42 Å². The highest BCUT2D eigenvalue weighted by Gasteiger charge is 2.41. The second kappa shape index (κ2) is 6.48. The molecule has 0 amide bonds. The van der Waals surface area contributed by atoms with Crippen molar-refractivity contribution in [2.24, 2.45) is 5.92 Å². The number of thiophene rings is 1. The fraction of sp³-hybridized carbons (Fsp3) is 0.714. The molecule has 1 aliphatic heterocycles. The second-order valence-corrected chi connectivity index (χ2v) is 10.4. The predicted molar refractivity (Wildman–Crippen MR) is 90.4 cm³/mol. The van der Waals surface area contributed by atoms with Crippen molar-refractivity contribution in [2.45, 2.75) is 55.3 Å². The van der Waals surface area contributed by atoms with E-state index >= 15 is 0 Å². The molecular weight excluding hydrogens is 394 g/mol. The van der Waals surface area contributed by atoms with Gasteiger partial charge in [0.15, 0.2) is 0 Å². The third-order valence-electron chi connectivity index (χ3n) is 4.62. The minimum absolute atomic E-state index is 0.198. The molecule has 1 saturated carbocycles. The Morgan fingerprint density at radius 1 is 1.29 bits per heavy atom. The first-order valence-electron chi connectivity index (χ1n) is 7.40. The molecule has 2 fully saturated rings. The summed E-state index contributed by atoms with van der Waals surface area (Å²) in [4.78, 5) is 1.28. The molecule has 1 aromatic rings. The van der Waals surface area contributed by atoms with Crippen molar-refractivity contribution in [2.75, 3.05) is 6.54 Å². The summed E-state index contributed by atoms with van der Waals surface area (Å²) in [6.45, 7) is 0.655. The Bertz CT molecular complexity index is 610. The highest BCUT2D eigenvalue weighted by Crippen LogP contribution is 2.41. The molecule has 1 atom stereocenters. The van der Waals surface area contributed by atoms with Crippen LogP contribution in [-0.2, 0) is 15.9 Å². The van der Waals surface area contributed by atoms with Crippen LogP contribution >= 0.6 is 38.9 Å². The van der Waals surface area contributed by atoms with Crippen LogP contribution in [0.3, 0.4) is 0 Å². The highest BCUT2D eigenvalue weighted by molar-refractivity contribution is 9.11. The lowest BCUT2D eigenvalue weighted by atomic mass is 9.97. The molecule has 1 aliphatic carbocycles. The van der Waals surface area contributed by atoms with Crippen LogP contribution in [0.1, 0.15) is 43.4 Å². The third-order valence-corrected chi connectivity index (χ3v) is 9.24. The fourth-order valence-corrected chi connectivity index (χ4v) is 8.12. The molecule has 0 aromatic carbocycles. The van der Waals surface area contributed by atoms with Gasteiger partial charge in [0.2, 0.25) is 10.0 Å². The number of hydrogen-bond acceptors (Lipinski definition) is 3. The minimum Gasteiger partial charge on any atom is -0.207 e. The van der Waals surface area contributed by atoms with Crippen LogP contribution in [0, 0.1) is 5.92 Å². The zero-order valence-corrected chi connectivity index (χ0v) is 15.7. The predicted octanol–water partition coefficient (Wildman–Crippen LogP) is 4.59. The van der Waals surface area contributed by atoms with Crippen molar-refractivity contribution in [1.82, 2.24) is 4.31 Å². The molecule has 118 valence electrons. The van der Waals surface area contributed by atoms with Crippen LogP contribution in [0.2, 0.25) is 0 Å². The molecule has 21 heavy (non-hydrogen) atoms. The molecule has 2 heterocycles. The van der Waals surface area contributed by atoms with Crippen LogP contribution in [0.5, 0.6) is 0 Å². The SMILES string of the molecule is O=S(=O)(c1cc(CCl)sc1Br)N1CCCC1C1CCCC1. The number of rotatable bonds is 4. The second-order valence-electron chi connectivity index (χ2n) is 5.85. The van der Waals surface area contributed by atoms with E-state index in [0.717, 1.165) is 17.7 Å². The lowest BCUT2D eigenvalue weighted by Gasteiger charge is -2.28. The van der Waals surface area contributed by atoms with Gasteiger partial charge in [-0.1, -0.05) is 12.8 Å². The maximum Gasteiger partial charge on any atom is 0.245 e. The first-order valence-corrected chi connectivity index (χ1v) is 11.0. The summed E-state index contributed by atoms with van der Waals surface area (Å²) < 4.78 is 28.5. The lowest BCUT2D eigenvalue weighted by Crippen LogP contribution is -2.39. The monoisotopic (exact) mass is 411 g/mol. The number of hydrogen-bond donors (Lipinski definition) is 0. The van der Waals surface area contributed by atoms with Crippen LogP contribution in [0.15, 0.2) is 14.7 Å². The van der Waals surface area contributed by atoms with Crippen molar-refractivity contribution in [3.05, 3.63) is 14.7 Å². The van der Waals surface area contributed by atoms with Gasteiger partial charge < -0.3 is 0 Å². The van der Waals surface area contributed by atoms with Crippen LogP contribution in [0.4, 0.5) is 0 Å². The van der Waals surface area contributed by atoms with Crippen molar-refractivity contribution in [1.29, 1.82) is 0 Å². The van der Waals surface area contributed by atoms with Gasteiger partial charge >= 0.3 is 0 Å². The molecule has 0 spiro atoms. The molecule has 0 bridgehead atoms. The number of sulfonamides is 1. The van der Waals surface area contributed by atoms with Gasteiger partial charge in [0, 0.05) is 17.5 Å². The van der Waals surface area contributed by atoms with Gasteiger partial charge in [0.25, 0.3) is 0 Å². The molecule has 1 unspecified atom stereocenters. The van der Waals surface area contributed by atoms with E-state index < -0.39 is 10.0 Å². The van der Waals surface area contributed by atoms with E-state index in [0.29, 0.717) is 27.0 Å². The van der Waals surface area contributed by atoms with E-state index in [1.54, 1.807) is 10.4 Å². The minimum atomic E-state index is -3.41. The Kier molecular flexibility index (Phi) is 5.01. The molecule has 2 aliphatic rings. The summed E-state index contributed by atoms with van der Waals surface area (Å²) in [6, 6.07) is 1.92. The summed E-state index contributed by atoms with van der Waals surface area (Å²) in [5.74, 6) is 0.900. The Hall–Kier alpha value is 0.380. The molecular formula is C14H19BrClNO2S2. The van der Waals surface area contributed by atoms with Crippen molar-refractivity contribution >= 4 is 48.9 Å². The Morgan fingerprint density at radius 3 is 2.62 bits per heavy atom. The summed E-state index contributed by atoms with van der Waals surface area (Å²) in [5, 5.41) is 0. The van der Waals surface area contributed by atoms with Gasteiger partial charge in [-0.05, 0) is 53.6 Å². The van der Waals surface area contributed by atoms with E-state index in [4.69, 9.17) is 11.6 Å². The maximum absolute atomic E-state index is 13.0. The van der Waals surface area contributed by atoms with Crippen LogP contribution in [0.25, 0.3) is 0 Å². The quantitative estimate of drug-likeness (QED) is 0.678. The largest absolute Gasteiger partial charge is 0.245 e. The zero-order chi connectivity index (χ0) is 15.0. The standard InChI is InChI=1S/C14H19BrClNO2S2/c15-14-13(8-11(9-16)20-14)21(18,19)17-7-3-6-12(17)10-4-1-2-5-10/h8,10,12H,1-7,9H2. The van der Waals surface area contributed by atoms with E-state index in [-0.39, 0.29) is 6.04 Å². The topological polar surface area (TPSA) is 37.4 Å². The van der Waals surface area contributed by atoms with Crippen molar-refractivity contribution in [3.63, 3.8) is 0 Å². The molecule has 1 saturated heterocycles. The number of halogens is 2. The average Bonchev–Trinajstić information content (AvgIpc) is 3.18. The molecule has 1 aromatic heterocycles. The Balaban J connectivity index is 1.90. The lowest BCUT2D eigenvalue weighted by molar-refractivity contribution is 0.288. The zero-order valence-electron chi connectivity index (χ0n) is 11.7. The summed E-state index contributed by atoms with van der Waals surface area (Å²) in [5.41, 5.74) is 0. The summed E-state index contributed by atoms with van der Waals surface area (Å²) in [6.07, 6.45) is 6.82. The molecule has 0 N–H and O–H groups in total. The first kappa shape index (κ1) is 16.2. The van der Waals surface area contributed by atoms with Crippen LogP contribution in [-0.4, -0.2) is 25.3 Å². The van der Waals surface area contributed by atoms with Crippen molar-refractivity contribution in [3.8, 4) is 0 Å². The van der Waals surface area contributed by atoms with E-state index in [1.165, 1.54) is 37.0 Å². The first-order chi connectivity index (χ1) is 10.0. The molecule has 3 nitrogen and oxygen atoms in total. The molecule has 3 rings (SSSR count). The average molecular weight is 413 g/mol. The van der Waals surface area contributed by atoms with E-state index in [9.17, 15) is 8.42 Å². The van der Waals surface area contributed by atoms with Crippen LogP contribution < -0.4 is 0 Å². The smallest absolute Gasteiger partial charge is 0.207 e. The molecule has 0 radical (unpaired) electrons. The van der Waals surface area contributed by atoms with Gasteiger partial charge in [-0.3, -0.25) is 0 Å². The van der Waals surface area contributed by atoms with Gasteiger partial charge in [-0.15, -0.1) is 22.9 Å². The number of nitrogens with zero attached hydrogens (tertiary/aromatic N) is 1. The van der Waals surface area contributed by atoms with E-state index in [2.05, 4.69) is 15.9 Å². The fourth-order valence-electron chi connectivity index (χ4n) is 3.64. The molecule has 7 heteroatoms. The van der Waals surface area contributed by atoms with Gasteiger partial charge in [0.1, 0.15) is 4.90 Å². The van der Waals surface area contributed by atoms with Gasteiger partial charge in [-0.25, -0.2) is 8.42 Å². The maximum atomic E-state index is 13.0.